The van der Waals surface area contributed by atoms with Crippen molar-refractivity contribution in [2.75, 3.05) is 5.88 Å². The SMILES string of the molecule is NC(CCl)=Nc1cccc(C2CC(F)(F)C2)c1. The Morgan fingerprint density at radius 1 is 1.47 bits per heavy atom. The molecular formula is C12H13ClF2N2. The van der Waals surface area contributed by atoms with E-state index in [0.29, 0.717) is 11.5 Å². The van der Waals surface area contributed by atoms with Crippen LogP contribution in [-0.4, -0.2) is 17.6 Å². The number of aliphatic imine (C=N–C) groups is 1. The number of alkyl halides is 3. The van der Waals surface area contributed by atoms with Gasteiger partial charge in [-0.25, -0.2) is 13.8 Å². The van der Waals surface area contributed by atoms with Gasteiger partial charge < -0.3 is 5.73 Å². The van der Waals surface area contributed by atoms with Gasteiger partial charge in [0, 0.05) is 12.8 Å². The highest BCUT2D eigenvalue weighted by molar-refractivity contribution is 6.28. The molecule has 0 saturated heterocycles. The quantitative estimate of drug-likeness (QED) is 0.504. The predicted octanol–water partition coefficient (Wildman–Crippen LogP) is 3.43. The molecule has 1 saturated carbocycles. The summed E-state index contributed by atoms with van der Waals surface area (Å²) in [5, 5.41) is 0. The van der Waals surface area contributed by atoms with Gasteiger partial charge in [-0.1, -0.05) is 12.1 Å². The summed E-state index contributed by atoms with van der Waals surface area (Å²) < 4.78 is 25.5. The van der Waals surface area contributed by atoms with E-state index in [0.717, 1.165) is 5.56 Å². The van der Waals surface area contributed by atoms with Crippen LogP contribution in [0.25, 0.3) is 0 Å². The molecule has 2 N–H and O–H groups in total. The summed E-state index contributed by atoms with van der Waals surface area (Å²) in [7, 11) is 0. The highest BCUT2D eigenvalue weighted by Gasteiger charge is 2.45. The molecule has 1 aromatic carbocycles. The van der Waals surface area contributed by atoms with Crippen LogP contribution < -0.4 is 5.73 Å². The lowest BCUT2D eigenvalue weighted by molar-refractivity contribution is -0.0867. The van der Waals surface area contributed by atoms with Crippen LogP contribution in [0.3, 0.4) is 0 Å². The average molecular weight is 259 g/mol. The van der Waals surface area contributed by atoms with Crippen molar-refractivity contribution >= 4 is 23.1 Å². The maximum absolute atomic E-state index is 12.8. The summed E-state index contributed by atoms with van der Waals surface area (Å²) in [4.78, 5) is 4.09. The Morgan fingerprint density at radius 3 is 2.76 bits per heavy atom. The Hall–Kier alpha value is -1.16. The zero-order chi connectivity index (χ0) is 12.5. The highest BCUT2D eigenvalue weighted by atomic mass is 35.5. The largest absolute Gasteiger partial charge is 0.386 e. The molecule has 5 heteroatoms. The Balaban J connectivity index is 2.13. The minimum Gasteiger partial charge on any atom is -0.386 e. The van der Waals surface area contributed by atoms with Crippen LogP contribution in [0.1, 0.15) is 24.3 Å². The van der Waals surface area contributed by atoms with Crippen molar-refractivity contribution in [2.24, 2.45) is 10.7 Å². The number of amidine groups is 1. The number of halogens is 3. The number of hydrogen-bond donors (Lipinski definition) is 1. The van der Waals surface area contributed by atoms with Crippen molar-refractivity contribution in [3.63, 3.8) is 0 Å². The predicted molar refractivity (Wildman–Crippen MR) is 65.4 cm³/mol. The van der Waals surface area contributed by atoms with Crippen LogP contribution in [0, 0.1) is 0 Å². The molecule has 2 rings (SSSR count). The van der Waals surface area contributed by atoms with E-state index >= 15 is 0 Å². The monoisotopic (exact) mass is 258 g/mol. The van der Waals surface area contributed by atoms with Crippen LogP contribution in [-0.2, 0) is 0 Å². The van der Waals surface area contributed by atoms with Crippen molar-refractivity contribution < 1.29 is 8.78 Å². The Kier molecular flexibility index (Phi) is 3.33. The maximum Gasteiger partial charge on any atom is 0.249 e. The molecule has 0 amide bonds. The van der Waals surface area contributed by atoms with Gasteiger partial charge in [0.15, 0.2) is 0 Å². The molecule has 1 aliphatic rings. The van der Waals surface area contributed by atoms with Gasteiger partial charge >= 0.3 is 0 Å². The molecule has 0 heterocycles. The van der Waals surface area contributed by atoms with E-state index in [2.05, 4.69) is 4.99 Å². The summed E-state index contributed by atoms with van der Waals surface area (Å²) in [6.07, 6.45) is -0.156. The molecule has 1 aliphatic carbocycles. The molecule has 17 heavy (non-hydrogen) atoms. The number of rotatable bonds is 3. The molecule has 0 aliphatic heterocycles. The fourth-order valence-electron chi connectivity index (χ4n) is 1.94. The first-order valence-electron chi connectivity index (χ1n) is 5.37. The van der Waals surface area contributed by atoms with Crippen molar-refractivity contribution in [1.82, 2.24) is 0 Å². The standard InChI is InChI=1S/C12H13ClF2N2/c13-7-11(16)17-10-3-1-2-8(4-10)9-5-12(14,15)6-9/h1-4,9H,5-7H2,(H2,16,17). The summed E-state index contributed by atoms with van der Waals surface area (Å²) >= 11 is 5.53. The molecule has 0 radical (unpaired) electrons. The Bertz CT molecular complexity index is 438. The number of benzene rings is 1. The van der Waals surface area contributed by atoms with Crippen LogP contribution >= 0.6 is 11.6 Å². The first kappa shape index (κ1) is 12.3. The summed E-state index contributed by atoms with van der Waals surface area (Å²) in [5.41, 5.74) is 7.07. The van der Waals surface area contributed by atoms with Crippen LogP contribution in [0.5, 0.6) is 0 Å². The molecule has 92 valence electrons. The lowest BCUT2D eigenvalue weighted by Crippen LogP contribution is -2.33. The number of hydrogen-bond acceptors (Lipinski definition) is 1. The van der Waals surface area contributed by atoms with Crippen LogP contribution in [0.2, 0.25) is 0 Å². The van der Waals surface area contributed by atoms with Crippen molar-refractivity contribution in [2.45, 2.75) is 24.7 Å². The van der Waals surface area contributed by atoms with Gasteiger partial charge in [0.2, 0.25) is 5.92 Å². The molecular weight excluding hydrogens is 246 g/mol. The molecule has 0 atom stereocenters. The van der Waals surface area contributed by atoms with E-state index in [1.54, 1.807) is 18.2 Å². The van der Waals surface area contributed by atoms with E-state index in [1.807, 2.05) is 6.07 Å². The number of nitrogens with zero attached hydrogens (tertiary/aromatic N) is 1. The molecule has 0 aromatic heterocycles. The van der Waals surface area contributed by atoms with Crippen LogP contribution in [0.4, 0.5) is 14.5 Å². The first-order valence-corrected chi connectivity index (χ1v) is 5.90. The highest BCUT2D eigenvalue weighted by Crippen LogP contribution is 2.48. The molecule has 1 fully saturated rings. The minimum atomic E-state index is -2.50. The number of nitrogens with two attached hydrogens (primary N) is 1. The van der Waals surface area contributed by atoms with E-state index in [1.165, 1.54) is 0 Å². The maximum atomic E-state index is 12.8. The van der Waals surface area contributed by atoms with Gasteiger partial charge in [0.1, 0.15) is 5.84 Å². The van der Waals surface area contributed by atoms with Crippen molar-refractivity contribution in [1.29, 1.82) is 0 Å². The third-order valence-electron chi connectivity index (χ3n) is 2.84. The zero-order valence-electron chi connectivity index (χ0n) is 9.17. The fourth-order valence-corrected chi connectivity index (χ4v) is 2.00. The van der Waals surface area contributed by atoms with Gasteiger partial charge in [0.25, 0.3) is 0 Å². The molecule has 1 aromatic rings. The van der Waals surface area contributed by atoms with Gasteiger partial charge in [-0.2, -0.15) is 0 Å². The van der Waals surface area contributed by atoms with Gasteiger partial charge in [-0.05, 0) is 23.6 Å². The smallest absolute Gasteiger partial charge is 0.249 e. The second kappa shape index (κ2) is 4.61. The fraction of sp³-hybridized carbons (Fsp3) is 0.417. The molecule has 2 nitrogen and oxygen atoms in total. The van der Waals surface area contributed by atoms with E-state index in [-0.39, 0.29) is 24.6 Å². The Labute approximate surface area is 103 Å². The van der Waals surface area contributed by atoms with Crippen LogP contribution in [0.15, 0.2) is 29.3 Å². The normalized spacial score (nSPS) is 20.1. The zero-order valence-corrected chi connectivity index (χ0v) is 9.92. The lowest BCUT2D eigenvalue weighted by atomic mass is 9.77. The third-order valence-corrected chi connectivity index (χ3v) is 3.12. The van der Waals surface area contributed by atoms with E-state index in [4.69, 9.17) is 17.3 Å². The van der Waals surface area contributed by atoms with E-state index < -0.39 is 5.92 Å². The second-order valence-electron chi connectivity index (χ2n) is 4.29. The van der Waals surface area contributed by atoms with Crippen molar-refractivity contribution in [3.8, 4) is 0 Å². The summed E-state index contributed by atoms with van der Waals surface area (Å²) in [6, 6.07) is 7.21. The lowest BCUT2D eigenvalue weighted by Gasteiger charge is -2.35. The molecule has 0 bridgehead atoms. The molecule has 0 spiro atoms. The molecule has 0 unspecified atom stereocenters. The third kappa shape index (κ3) is 2.94. The van der Waals surface area contributed by atoms with Gasteiger partial charge in [-0.3, -0.25) is 0 Å². The Morgan fingerprint density at radius 2 is 2.18 bits per heavy atom. The van der Waals surface area contributed by atoms with Crippen molar-refractivity contribution in [3.05, 3.63) is 29.8 Å². The summed E-state index contributed by atoms with van der Waals surface area (Å²) in [5.74, 6) is -2.09. The van der Waals surface area contributed by atoms with Gasteiger partial charge in [-0.15, -0.1) is 11.6 Å². The minimum absolute atomic E-state index is 0.0719. The topological polar surface area (TPSA) is 38.4 Å². The first-order chi connectivity index (χ1) is 8.00. The second-order valence-corrected chi connectivity index (χ2v) is 4.56. The van der Waals surface area contributed by atoms with E-state index in [9.17, 15) is 8.78 Å². The summed E-state index contributed by atoms with van der Waals surface area (Å²) in [6.45, 7) is 0. The van der Waals surface area contributed by atoms with Gasteiger partial charge in [0.05, 0.1) is 11.6 Å². The average Bonchev–Trinajstić information content (AvgIpc) is 2.26.